The van der Waals surface area contributed by atoms with Crippen LogP contribution in [0.5, 0.6) is 0 Å². The average molecular weight is 622 g/mol. The second-order valence-corrected chi connectivity index (χ2v) is 11.9. The van der Waals surface area contributed by atoms with Gasteiger partial charge in [-0.2, -0.15) is 18.3 Å². The van der Waals surface area contributed by atoms with E-state index in [2.05, 4.69) is 5.10 Å². The van der Waals surface area contributed by atoms with Gasteiger partial charge < -0.3 is 14.7 Å². The molecule has 0 spiro atoms. The molecule has 1 saturated carbocycles. The molecule has 0 unspecified atom stereocenters. The van der Waals surface area contributed by atoms with E-state index in [0.717, 1.165) is 27.9 Å². The molecule has 224 valence electrons. The summed E-state index contributed by atoms with van der Waals surface area (Å²) >= 11 is 12.1. The number of carbonyl (C=O) groups is 3. The van der Waals surface area contributed by atoms with Crippen LogP contribution in [-0.2, 0) is 15.7 Å². The van der Waals surface area contributed by atoms with Crippen LogP contribution >= 0.6 is 23.2 Å². The fraction of sp³-hybridized carbons (Fsp3) is 0.556. The van der Waals surface area contributed by atoms with Gasteiger partial charge in [-0.25, -0.2) is 4.39 Å². The van der Waals surface area contributed by atoms with Crippen molar-refractivity contribution >= 4 is 40.9 Å². The van der Waals surface area contributed by atoms with Crippen molar-refractivity contribution in [1.82, 2.24) is 14.7 Å². The summed E-state index contributed by atoms with van der Waals surface area (Å²) in [7, 11) is 0. The van der Waals surface area contributed by atoms with Crippen LogP contribution in [0, 0.1) is 11.2 Å². The summed E-state index contributed by atoms with van der Waals surface area (Å²) in [6, 6.07) is 1.30. The predicted molar refractivity (Wildman–Crippen MR) is 141 cm³/mol. The standard InChI is InChI=1S/C27H29Cl2F4N3O5/c1-25(24(39)40)9-6-15(7-10-25)36-22(27(31,32)33)16(12-34-36)23(38)35(14-26(2)8-3-11-41-26)13-19(37)20-17(28)4-5-18(30)21(20)29/h4-5,12,15H,3,6-11,13-14H2,1-2H3,(H,39,40)/t15-,25-,26-/m0/s1. The van der Waals surface area contributed by atoms with E-state index in [1.165, 1.54) is 0 Å². The van der Waals surface area contributed by atoms with Crippen LogP contribution in [0.3, 0.4) is 0 Å². The third kappa shape index (κ3) is 6.39. The van der Waals surface area contributed by atoms with Gasteiger partial charge in [0, 0.05) is 6.61 Å². The molecule has 1 aromatic carbocycles. The van der Waals surface area contributed by atoms with Crippen molar-refractivity contribution in [3.8, 4) is 0 Å². The monoisotopic (exact) mass is 621 g/mol. The van der Waals surface area contributed by atoms with Crippen molar-refractivity contribution in [1.29, 1.82) is 0 Å². The summed E-state index contributed by atoms with van der Waals surface area (Å²) < 4.78 is 64.0. The maximum absolute atomic E-state index is 14.5. The topological polar surface area (TPSA) is 102 Å². The normalized spacial score (nSPS) is 24.8. The van der Waals surface area contributed by atoms with Gasteiger partial charge in [-0.3, -0.25) is 19.1 Å². The van der Waals surface area contributed by atoms with E-state index in [9.17, 15) is 37.1 Å². The van der Waals surface area contributed by atoms with Gasteiger partial charge in [0.05, 0.1) is 57.5 Å². The van der Waals surface area contributed by atoms with Crippen LogP contribution in [0.4, 0.5) is 17.6 Å². The molecule has 0 radical (unpaired) electrons. The minimum atomic E-state index is -4.99. The fourth-order valence-corrected chi connectivity index (χ4v) is 6.13. The third-order valence-corrected chi connectivity index (χ3v) is 8.67. The number of hydrogen-bond donors (Lipinski definition) is 1. The van der Waals surface area contributed by atoms with E-state index in [4.69, 9.17) is 27.9 Å². The van der Waals surface area contributed by atoms with Crippen molar-refractivity contribution in [2.45, 2.75) is 70.2 Å². The van der Waals surface area contributed by atoms with Gasteiger partial charge in [0.15, 0.2) is 11.5 Å². The van der Waals surface area contributed by atoms with E-state index in [0.29, 0.717) is 19.4 Å². The number of nitrogens with zero attached hydrogens (tertiary/aromatic N) is 3. The number of ketones is 1. The quantitative estimate of drug-likeness (QED) is 0.206. The number of carboxylic acid groups (broad SMARTS) is 1. The first kappa shape index (κ1) is 31.2. The Hall–Kier alpha value is -2.70. The van der Waals surface area contributed by atoms with Crippen molar-refractivity contribution < 1.29 is 41.8 Å². The summed E-state index contributed by atoms with van der Waals surface area (Å²) in [6.45, 7) is 2.62. The van der Waals surface area contributed by atoms with E-state index in [1.54, 1.807) is 13.8 Å². The van der Waals surface area contributed by atoms with Crippen LogP contribution in [0.1, 0.15) is 84.8 Å². The molecule has 1 saturated heterocycles. The second kappa shape index (κ2) is 11.5. The summed E-state index contributed by atoms with van der Waals surface area (Å²) in [5.41, 5.74) is -4.45. The SMILES string of the molecule is C[C@@]1(CN(CC(=O)c2c(Cl)ccc(F)c2Cl)C(=O)c2cnn([C@H]3CC[C@](C)(C(=O)O)CC3)c2C(F)(F)F)CCCO1. The number of halogens is 6. The molecule has 1 N–H and O–H groups in total. The average Bonchev–Trinajstić information content (AvgIpc) is 3.53. The van der Waals surface area contributed by atoms with Gasteiger partial charge in [0.25, 0.3) is 5.91 Å². The van der Waals surface area contributed by atoms with Crippen LogP contribution in [-0.4, -0.2) is 62.7 Å². The Morgan fingerprint density at radius 2 is 1.83 bits per heavy atom. The molecule has 2 fully saturated rings. The first-order chi connectivity index (χ1) is 19.1. The molecule has 14 heteroatoms. The molecular formula is C27H29Cl2F4N3O5. The minimum Gasteiger partial charge on any atom is -0.481 e. The zero-order valence-corrected chi connectivity index (χ0v) is 23.9. The number of alkyl halides is 3. The van der Waals surface area contributed by atoms with E-state index < -0.39 is 69.5 Å². The highest BCUT2D eigenvalue weighted by molar-refractivity contribution is 6.40. The van der Waals surface area contributed by atoms with Crippen LogP contribution in [0.25, 0.3) is 0 Å². The summed E-state index contributed by atoms with van der Waals surface area (Å²) in [4.78, 5) is 39.6. The van der Waals surface area contributed by atoms with Crippen LogP contribution in [0.15, 0.2) is 18.3 Å². The first-order valence-corrected chi connectivity index (χ1v) is 13.8. The van der Waals surface area contributed by atoms with Gasteiger partial charge in [0.1, 0.15) is 5.82 Å². The Bertz CT molecular complexity index is 1350. The maximum atomic E-state index is 14.5. The fourth-order valence-electron chi connectivity index (χ4n) is 5.55. The maximum Gasteiger partial charge on any atom is 0.433 e. The molecule has 8 nitrogen and oxygen atoms in total. The highest BCUT2D eigenvalue weighted by atomic mass is 35.5. The highest BCUT2D eigenvalue weighted by Crippen LogP contribution is 2.43. The molecule has 1 amide bonds. The van der Waals surface area contributed by atoms with Crippen LogP contribution in [0.2, 0.25) is 10.0 Å². The number of Topliss-reactive ketones (excluding diaryl/α,β-unsaturated/α-hetero) is 1. The lowest BCUT2D eigenvalue weighted by Gasteiger charge is -2.35. The van der Waals surface area contributed by atoms with Crippen molar-refractivity contribution in [3.05, 3.63) is 51.0 Å². The van der Waals surface area contributed by atoms with Crippen molar-refractivity contribution in [2.24, 2.45) is 5.41 Å². The molecule has 2 aromatic rings. The minimum absolute atomic E-state index is 0.117. The number of carboxylic acids is 1. The van der Waals surface area contributed by atoms with Crippen molar-refractivity contribution in [3.63, 3.8) is 0 Å². The van der Waals surface area contributed by atoms with E-state index in [-0.39, 0.29) is 42.8 Å². The number of aromatic nitrogens is 2. The number of amides is 1. The highest BCUT2D eigenvalue weighted by Gasteiger charge is 2.46. The number of hydrogen-bond acceptors (Lipinski definition) is 5. The Morgan fingerprint density at radius 1 is 1.17 bits per heavy atom. The number of ether oxygens (including phenoxy) is 1. The number of rotatable bonds is 8. The predicted octanol–water partition coefficient (Wildman–Crippen LogP) is 6.45. The molecule has 0 bridgehead atoms. The number of carbonyl (C=O) groups excluding carboxylic acids is 2. The summed E-state index contributed by atoms with van der Waals surface area (Å²) in [6.07, 6.45) is -2.53. The van der Waals surface area contributed by atoms with E-state index >= 15 is 0 Å². The van der Waals surface area contributed by atoms with Crippen LogP contribution < -0.4 is 0 Å². The van der Waals surface area contributed by atoms with Crippen molar-refractivity contribution in [2.75, 3.05) is 19.7 Å². The molecule has 2 heterocycles. The smallest absolute Gasteiger partial charge is 0.433 e. The zero-order valence-electron chi connectivity index (χ0n) is 22.4. The Morgan fingerprint density at radius 3 is 2.39 bits per heavy atom. The molecule has 4 rings (SSSR count). The molecule has 2 aliphatic rings. The molecule has 1 aromatic heterocycles. The number of benzene rings is 1. The van der Waals surface area contributed by atoms with Gasteiger partial charge in [-0.05, 0) is 64.5 Å². The Labute approximate surface area is 243 Å². The largest absolute Gasteiger partial charge is 0.481 e. The summed E-state index contributed by atoms with van der Waals surface area (Å²) in [5.74, 6) is -3.93. The zero-order chi connectivity index (χ0) is 30.3. The molecule has 1 aliphatic heterocycles. The first-order valence-electron chi connectivity index (χ1n) is 13.0. The lowest BCUT2D eigenvalue weighted by molar-refractivity contribution is -0.152. The van der Waals surface area contributed by atoms with Gasteiger partial charge in [-0.15, -0.1) is 0 Å². The molecular weight excluding hydrogens is 593 g/mol. The lowest BCUT2D eigenvalue weighted by Crippen LogP contribution is -2.46. The molecule has 41 heavy (non-hydrogen) atoms. The van der Waals surface area contributed by atoms with Gasteiger partial charge in [-0.1, -0.05) is 23.2 Å². The summed E-state index contributed by atoms with van der Waals surface area (Å²) in [5, 5.41) is 12.7. The number of aliphatic carboxylic acids is 1. The molecule has 1 atom stereocenters. The lowest BCUT2D eigenvalue weighted by atomic mass is 9.74. The van der Waals surface area contributed by atoms with Gasteiger partial charge >= 0.3 is 12.1 Å². The second-order valence-electron chi connectivity index (χ2n) is 11.2. The third-order valence-electron chi connectivity index (χ3n) is 7.99. The Balaban J connectivity index is 1.70. The van der Waals surface area contributed by atoms with E-state index in [1.807, 2.05) is 0 Å². The Kier molecular flexibility index (Phi) is 8.78. The molecule has 1 aliphatic carbocycles. The van der Waals surface area contributed by atoms with Gasteiger partial charge in [0.2, 0.25) is 0 Å².